The van der Waals surface area contributed by atoms with Crippen molar-refractivity contribution in [1.82, 2.24) is 9.47 Å². The van der Waals surface area contributed by atoms with Gasteiger partial charge in [-0.15, -0.1) is 0 Å². The number of thiocarbonyl (C=S) groups is 1. The molecule has 0 bridgehead atoms. The molecule has 1 N–H and O–H groups in total. The number of para-hydroxylation sites is 1. The van der Waals surface area contributed by atoms with Crippen LogP contribution in [0.2, 0.25) is 5.02 Å². The van der Waals surface area contributed by atoms with Crippen molar-refractivity contribution in [2.24, 2.45) is 0 Å². The van der Waals surface area contributed by atoms with Crippen LogP contribution in [-0.4, -0.2) is 27.7 Å². The summed E-state index contributed by atoms with van der Waals surface area (Å²) < 4.78 is 7.62. The fourth-order valence-electron chi connectivity index (χ4n) is 4.77. The first-order chi connectivity index (χ1) is 15.6. The van der Waals surface area contributed by atoms with E-state index >= 15 is 0 Å². The summed E-state index contributed by atoms with van der Waals surface area (Å²) in [6.45, 7) is 3.95. The Labute approximate surface area is 201 Å². The molecule has 4 rings (SSSR count). The van der Waals surface area contributed by atoms with Gasteiger partial charge < -0.3 is 19.5 Å². The second kappa shape index (κ2) is 10.6. The first-order valence-corrected chi connectivity index (χ1v) is 12.4. The molecule has 0 spiro atoms. The summed E-state index contributed by atoms with van der Waals surface area (Å²) in [6, 6.07) is 14.8. The van der Waals surface area contributed by atoms with Crippen LogP contribution in [0.25, 0.3) is 10.9 Å². The lowest BCUT2D eigenvalue weighted by molar-refractivity contribution is 0.281. The number of ether oxygens (including phenoxy) is 1. The minimum absolute atomic E-state index is 0.440. The van der Waals surface area contributed by atoms with E-state index in [0.29, 0.717) is 16.8 Å². The third-order valence-electron chi connectivity index (χ3n) is 6.48. The van der Waals surface area contributed by atoms with Crippen molar-refractivity contribution in [2.45, 2.75) is 64.6 Å². The molecule has 1 heterocycles. The van der Waals surface area contributed by atoms with Crippen molar-refractivity contribution >= 4 is 45.5 Å². The highest BCUT2D eigenvalue weighted by Crippen LogP contribution is 2.30. The molecule has 32 heavy (non-hydrogen) atoms. The van der Waals surface area contributed by atoms with Crippen LogP contribution < -0.4 is 10.1 Å². The lowest BCUT2D eigenvalue weighted by Gasteiger charge is -2.34. The van der Waals surface area contributed by atoms with Crippen LogP contribution in [0.1, 0.15) is 51.0 Å². The molecule has 0 radical (unpaired) electrons. The topological polar surface area (TPSA) is 29.4 Å². The second-order valence-corrected chi connectivity index (χ2v) is 9.30. The molecule has 1 aliphatic rings. The Morgan fingerprint density at radius 1 is 1.16 bits per heavy atom. The molecule has 0 unspecified atom stereocenters. The first kappa shape index (κ1) is 22.9. The minimum Gasteiger partial charge on any atom is -0.495 e. The van der Waals surface area contributed by atoms with E-state index < -0.39 is 0 Å². The Kier molecular flexibility index (Phi) is 7.59. The lowest BCUT2D eigenvalue weighted by atomic mass is 10.1. The van der Waals surface area contributed by atoms with Gasteiger partial charge in [0.25, 0.3) is 0 Å². The summed E-state index contributed by atoms with van der Waals surface area (Å²) in [4.78, 5) is 2.40. The normalized spacial score (nSPS) is 14.8. The maximum Gasteiger partial charge on any atom is 0.173 e. The average Bonchev–Trinajstić information content (AvgIpc) is 2.95. The number of aromatic nitrogens is 1. The summed E-state index contributed by atoms with van der Waals surface area (Å²) in [5, 5.41) is 6.09. The number of fused-ring (bicyclic) bond motifs is 1. The second-order valence-electron chi connectivity index (χ2n) is 8.51. The summed E-state index contributed by atoms with van der Waals surface area (Å²) in [5.41, 5.74) is 3.49. The van der Waals surface area contributed by atoms with E-state index in [4.69, 9.17) is 28.6 Å². The molecule has 2 aromatic carbocycles. The molecule has 4 nitrogen and oxygen atoms in total. The Morgan fingerprint density at radius 3 is 2.59 bits per heavy atom. The predicted molar refractivity (Wildman–Crippen MR) is 139 cm³/mol. The van der Waals surface area contributed by atoms with Crippen LogP contribution in [0.5, 0.6) is 5.75 Å². The fraction of sp³-hybridized carbons (Fsp3) is 0.423. The molecule has 170 valence electrons. The van der Waals surface area contributed by atoms with Crippen LogP contribution in [0, 0.1) is 0 Å². The number of rotatable bonds is 6. The van der Waals surface area contributed by atoms with E-state index in [0.717, 1.165) is 23.9 Å². The number of hydrogen-bond acceptors (Lipinski definition) is 2. The van der Waals surface area contributed by atoms with Crippen molar-refractivity contribution < 1.29 is 4.74 Å². The molecular formula is C26H32ClN3OS. The number of nitrogens with one attached hydrogen (secondary N) is 1. The standard InChI is InChI=1S/C26H32ClN3OS/c1-3-29-17-19(22-12-8-9-13-24(22)29)18-30(21-10-6-4-5-7-11-21)26(32)28-20-14-15-25(31-2)23(27)16-20/h8-9,12-17,21H,3-7,10-11,18H2,1-2H3,(H,28,32). The van der Waals surface area contributed by atoms with Gasteiger partial charge in [0, 0.05) is 41.9 Å². The highest BCUT2D eigenvalue weighted by Gasteiger charge is 2.24. The maximum atomic E-state index is 6.35. The highest BCUT2D eigenvalue weighted by atomic mass is 35.5. The Morgan fingerprint density at radius 2 is 1.91 bits per heavy atom. The van der Waals surface area contributed by atoms with E-state index in [2.05, 4.69) is 52.2 Å². The van der Waals surface area contributed by atoms with Gasteiger partial charge in [-0.1, -0.05) is 55.5 Å². The molecule has 0 aliphatic heterocycles. The van der Waals surface area contributed by atoms with Gasteiger partial charge in [0.05, 0.1) is 12.1 Å². The van der Waals surface area contributed by atoms with Gasteiger partial charge >= 0.3 is 0 Å². The Balaban J connectivity index is 1.63. The van der Waals surface area contributed by atoms with Crippen molar-refractivity contribution in [3.05, 3.63) is 59.2 Å². The first-order valence-electron chi connectivity index (χ1n) is 11.6. The molecule has 1 fully saturated rings. The van der Waals surface area contributed by atoms with Crippen molar-refractivity contribution in [3.8, 4) is 5.75 Å². The number of halogens is 1. The van der Waals surface area contributed by atoms with Crippen LogP contribution >= 0.6 is 23.8 Å². The zero-order valence-corrected chi connectivity index (χ0v) is 20.5. The summed E-state index contributed by atoms with van der Waals surface area (Å²) >= 11 is 12.3. The van der Waals surface area contributed by atoms with E-state index in [-0.39, 0.29) is 0 Å². The van der Waals surface area contributed by atoms with Crippen molar-refractivity contribution in [1.29, 1.82) is 0 Å². The van der Waals surface area contributed by atoms with Gasteiger partial charge in [0.15, 0.2) is 5.11 Å². The number of hydrogen-bond donors (Lipinski definition) is 1. The van der Waals surface area contributed by atoms with Gasteiger partial charge in [0.2, 0.25) is 0 Å². The van der Waals surface area contributed by atoms with Gasteiger partial charge in [-0.3, -0.25) is 0 Å². The maximum absolute atomic E-state index is 6.35. The average molecular weight is 470 g/mol. The molecule has 6 heteroatoms. The minimum atomic E-state index is 0.440. The summed E-state index contributed by atoms with van der Waals surface area (Å²) in [5.74, 6) is 0.663. The SMILES string of the molecule is CCn1cc(CN(C(=S)Nc2ccc(OC)c(Cl)c2)C2CCCCCC2)c2ccccc21. The van der Waals surface area contributed by atoms with Gasteiger partial charge in [-0.25, -0.2) is 0 Å². The van der Waals surface area contributed by atoms with Gasteiger partial charge in [-0.2, -0.15) is 0 Å². The Hall–Kier alpha value is -2.24. The molecule has 0 saturated heterocycles. The number of anilines is 1. The fourth-order valence-corrected chi connectivity index (χ4v) is 5.36. The van der Waals surface area contributed by atoms with Gasteiger partial charge in [0.1, 0.15) is 5.75 Å². The van der Waals surface area contributed by atoms with E-state index in [1.165, 1.54) is 55.0 Å². The van der Waals surface area contributed by atoms with Gasteiger partial charge in [-0.05, 0) is 61.8 Å². The number of nitrogens with zero attached hydrogens (tertiary/aromatic N) is 2. The van der Waals surface area contributed by atoms with Crippen molar-refractivity contribution in [3.63, 3.8) is 0 Å². The quantitative estimate of drug-likeness (QED) is 0.304. The number of aryl methyl sites for hydroxylation is 1. The van der Waals surface area contributed by atoms with Crippen LogP contribution in [0.4, 0.5) is 5.69 Å². The highest BCUT2D eigenvalue weighted by molar-refractivity contribution is 7.80. The largest absolute Gasteiger partial charge is 0.495 e. The number of methoxy groups -OCH3 is 1. The van der Waals surface area contributed by atoms with E-state index in [1.807, 2.05) is 18.2 Å². The summed E-state index contributed by atoms with van der Waals surface area (Å²) in [6.07, 6.45) is 9.79. The van der Waals surface area contributed by atoms with Crippen molar-refractivity contribution in [2.75, 3.05) is 12.4 Å². The monoisotopic (exact) mass is 469 g/mol. The number of benzene rings is 2. The van der Waals surface area contributed by atoms with E-state index in [9.17, 15) is 0 Å². The third-order valence-corrected chi connectivity index (χ3v) is 7.11. The molecule has 0 atom stereocenters. The lowest BCUT2D eigenvalue weighted by Crippen LogP contribution is -2.42. The molecule has 0 amide bonds. The van der Waals surface area contributed by atoms with Crippen LogP contribution in [-0.2, 0) is 13.1 Å². The molecule has 1 aromatic heterocycles. The molecule has 1 aliphatic carbocycles. The van der Waals surface area contributed by atoms with Crippen LogP contribution in [0.3, 0.4) is 0 Å². The molecular weight excluding hydrogens is 438 g/mol. The zero-order valence-electron chi connectivity index (χ0n) is 18.9. The molecule has 1 saturated carbocycles. The molecule has 3 aromatic rings. The summed E-state index contributed by atoms with van der Waals surface area (Å²) in [7, 11) is 1.62. The zero-order chi connectivity index (χ0) is 22.5. The van der Waals surface area contributed by atoms with Crippen LogP contribution in [0.15, 0.2) is 48.7 Å². The predicted octanol–water partition coefficient (Wildman–Crippen LogP) is 7.25. The van der Waals surface area contributed by atoms with E-state index in [1.54, 1.807) is 7.11 Å². The third kappa shape index (κ3) is 5.05. The smallest absolute Gasteiger partial charge is 0.173 e. The Bertz CT molecular complexity index is 1070.